The zero-order chi connectivity index (χ0) is 16.3. The number of amidine groups is 1. The number of carbonyl (C=O) groups excluding carboxylic acids is 1. The van der Waals surface area contributed by atoms with Gasteiger partial charge >= 0.3 is 0 Å². The van der Waals surface area contributed by atoms with Gasteiger partial charge in [-0.25, -0.2) is 5.43 Å². The van der Waals surface area contributed by atoms with Gasteiger partial charge in [0.15, 0.2) is 5.84 Å². The van der Waals surface area contributed by atoms with Gasteiger partial charge in [0, 0.05) is 24.2 Å². The third kappa shape index (κ3) is 1.88. The van der Waals surface area contributed by atoms with Crippen molar-refractivity contribution in [2.24, 2.45) is 5.10 Å². The summed E-state index contributed by atoms with van der Waals surface area (Å²) in [6, 6.07) is 6.51. The molecule has 0 aliphatic carbocycles. The SMILES string of the molecule is CC1C(=O)NN=C2COc3cc4ccn(C5CCNC5)c4cc3N21. The fourth-order valence-corrected chi connectivity index (χ4v) is 3.87. The van der Waals surface area contributed by atoms with Gasteiger partial charge in [0.25, 0.3) is 5.91 Å². The van der Waals surface area contributed by atoms with Gasteiger partial charge in [0.1, 0.15) is 18.4 Å². The lowest BCUT2D eigenvalue weighted by Crippen LogP contribution is -2.55. The van der Waals surface area contributed by atoms with Crippen LogP contribution >= 0.6 is 0 Å². The highest BCUT2D eigenvalue weighted by molar-refractivity contribution is 6.10. The number of fused-ring (bicyclic) bond motifs is 4. The Morgan fingerprint density at radius 2 is 2.29 bits per heavy atom. The maximum atomic E-state index is 12.0. The minimum absolute atomic E-state index is 0.0953. The van der Waals surface area contributed by atoms with Crippen molar-refractivity contribution in [3.8, 4) is 5.75 Å². The number of rotatable bonds is 1. The minimum atomic E-state index is -0.297. The highest BCUT2D eigenvalue weighted by atomic mass is 16.5. The molecule has 0 saturated carbocycles. The van der Waals surface area contributed by atoms with E-state index in [9.17, 15) is 4.79 Å². The van der Waals surface area contributed by atoms with E-state index in [1.54, 1.807) is 0 Å². The summed E-state index contributed by atoms with van der Waals surface area (Å²) in [5.41, 5.74) is 4.65. The van der Waals surface area contributed by atoms with E-state index in [0.29, 0.717) is 12.6 Å². The minimum Gasteiger partial charge on any atom is -0.483 e. The third-order valence-corrected chi connectivity index (χ3v) is 5.19. The highest BCUT2D eigenvalue weighted by Crippen LogP contribution is 2.39. The molecule has 24 heavy (non-hydrogen) atoms. The molecular formula is C17H19N5O2. The van der Waals surface area contributed by atoms with Crippen LogP contribution in [0.2, 0.25) is 0 Å². The largest absolute Gasteiger partial charge is 0.483 e. The van der Waals surface area contributed by atoms with Crippen molar-refractivity contribution in [1.29, 1.82) is 0 Å². The average Bonchev–Trinajstić information content (AvgIpc) is 3.24. The molecule has 1 aromatic heterocycles. The standard InChI is InChI=1S/C17H19N5O2/c1-10-17(23)20-19-16-9-24-15-6-11-3-5-21(12-2-4-18-8-12)13(11)7-14(15)22(10)16/h3,5-7,10,12,18H,2,4,8-9H2,1H3,(H,20,23). The van der Waals surface area contributed by atoms with Crippen LogP contribution in [0.1, 0.15) is 19.4 Å². The monoisotopic (exact) mass is 325 g/mol. The quantitative estimate of drug-likeness (QED) is 0.827. The number of hydrogen-bond acceptors (Lipinski definition) is 5. The van der Waals surface area contributed by atoms with Crippen LogP contribution in [-0.2, 0) is 4.79 Å². The molecule has 5 rings (SSSR count). The van der Waals surface area contributed by atoms with Gasteiger partial charge in [0.05, 0.1) is 11.2 Å². The fraction of sp³-hybridized carbons (Fsp3) is 0.412. The van der Waals surface area contributed by atoms with Crippen LogP contribution < -0.4 is 20.4 Å². The molecule has 3 aliphatic heterocycles. The first-order chi connectivity index (χ1) is 11.7. The summed E-state index contributed by atoms with van der Waals surface area (Å²) in [6.07, 6.45) is 3.28. The zero-order valence-electron chi connectivity index (χ0n) is 13.5. The summed E-state index contributed by atoms with van der Waals surface area (Å²) in [5.74, 6) is 1.46. The Bertz CT molecular complexity index is 865. The van der Waals surface area contributed by atoms with Crippen molar-refractivity contribution < 1.29 is 9.53 Å². The van der Waals surface area contributed by atoms with Gasteiger partial charge in [-0.3, -0.25) is 4.79 Å². The maximum absolute atomic E-state index is 12.0. The van der Waals surface area contributed by atoms with E-state index in [1.807, 2.05) is 11.8 Å². The van der Waals surface area contributed by atoms with Gasteiger partial charge in [-0.2, -0.15) is 5.10 Å². The van der Waals surface area contributed by atoms with Crippen molar-refractivity contribution in [3.63, 3.8) is 0 Å². The van der Waals surface area contributed by atoms with Crippen LogP contribution in [0.5, 0.6) is 5.75 Å². The van der Waals surface area contributed by atoms with Crippen LogP contribution in [0.25, 0.3) is 10.9 Å². The number of ether oxygens (including phenoxy) is 1. The number of nitrogens with one attached hydrogen (secondary N) is 2. The predicted octanol–water partition coefficient (Wildman–Crippen LogP) is 1.21. The number of aromatic nitrogens is 1. The van der Waals surface area contributed by atoms with Crippen LogP contribution in [0.4, 0.5) is 5.69 Å². The lowest BCUT2D eigenvalue weighted by molar-refractivity contribution is -0.122. The Kier molecular flexibility index (Phi) is 2.87. The molecule has 2 atom stereocenters. The molecule has 1 aromatic carbocycles. The Morgan fingerprint density at radius 1 is 1.38 bits per heavy atom. The first-order valence-corrected chi connectivity index (χ1v) is 8.36. The van der Waals surface area contributed by atoms with Gasteiger partial charge in [-0.1, -0.05) is 0 Å². The summed E-state index contributed by atoms with van der Waals surface area (Å²) in [6.45, 7) is 4.31. The number of carbonyl (C=O) groups is 1. The van der Waals surface area contributed by atoms with Crippen LogP contribution in [-0.4, -0.2) is 42.0 Å². The molecule has 124 valence electrons. The zero-order valence-corrected chi connectivity index (χ0v) is 13.5. The van der Waals surface area contributed by atoms with Crippen molar-refractivity contribution >= 4 is 28.3 Å². The molecule has 1 fully saturated rings. The van der Waals surface area contributed by atoms with Crippen molar-refractivity contribution in [2.75, 3.05) is 24.6 Å². The molecule has 0 bridgehead atoms. The van der Waals surface area contributed by atoms with Crippen LogP contribution in [0.15, 0.2) is 29.5 Å². The van der Waals surface area contributed by atoms with Crippen LogP contribution in [0.3, 0.4) is 0 Å². The lowest BCUT2D eigenvalue weighted by atomic mass is 10.1. The molecule has 4 heterocycles. The molecule has 7 nitrogen and oxygen atoms in total. The molecule has 2 unspecified atom stereocenters. The molecule has 0 radical (unpaired) electrons. The smallest absolute Gasteiger partial charge is 0.262 e. The fourth-order valence-electron chi connectivity index (χ4n) is 3.87. The summed E-state index contributed by atoms with van der Waals surface area (Å²) in [7, 11) is 0. The molecule has 2 N–H and O–H groups in total. The van der Waals surface area contributed by atoms with E-state index in [1.165, 1.54) is 5.52 Å². The summed E-state index contributed by atoms with van der Waals surface area (Å²) < 4.78 is 8.20. The molecule has 0 spiro atoms. The average molecular weight is 325 g/mol. The van der Waals surface area contributed by atoms with Crippen LogP contribution in [0, 0.1) is 0 Å². The molecular weight excluding hydrogens is 306 g/mol. The van der Waals surface area contributed by atoms with E-state index < -0.39 is 0 Å². The van der Waals surface area contributed by atoms with Crippen molar-refractivity contribution in [1.82, 2.24) is 15.3 Å². The lowest BCUT2D eigenvalue weighted by Gasteiger charge is -2.38. The summed E-state index contributed by atoms with van der Waals surface area (Å²) in [5, 5.41) is 8.73. The Hall–Kier alpha value is -2.54. The maximum Gasteiger partial charge on any atom is 0.262 e. The summed E-state index contributed by atoms with van der Waals surface area (Å²) >= 11 is 0. The Morgan fingerprint density at radius 3 is 3.12 bits per heavy atom. The van der Waals surface area contributed by atoms with E-state index in [-0.39, 0.29) is 11.9 Å². The predicted molar refractivity (Wildman–Crippen MR) is 91.5 cm³/mol. The number of amides is 1. The van der Waals surface area contributed by atoms with E-state index >= 15 is 0 Å². The number of hydrazone groups is 1. The molecule has 1 saturated heterocycles. The molecule has 1 amide bonds. The van der Waals surface area contributed by atoms with Gasteiger partial charge in [-0.15, -0.1) is 0 Å². The second-order valence-corrected chi connectivity index (χ2v) is 6.59. The first kappa shape index (κ1) is 13.9. The van der Waals surface area contributed by atoms with Gasteiger partial charge < -0.3 is 19.5 Å². The van der Waals surface area contributed by atoms with Crippen molar-refractivity contribution in [3.05, 3.63) is 24.4 Å². The molecule has 2 aromatic rings. The molecule has 3 aliphatic rings. The second kappa shape index (κ2) is 4.98. The Balaban J connectivity index is 1.67. The third-order valence-electron chi connectivity index (χ3n) is 5.19. The number of anilines is 1. The second-order valence-electron chi connectivity index (χ2n) is 6.59. The van der Waals surface area contributed by atoms with Gasteiger partial charge in [0.2, 0.25) is 0 Å². The van der Waals surface area contributed by atoms with Gasteiger partial charge in [-0.05, 0) is 38.1 Å². The highest BCUT2D eigenvalue weighted by Gasteiger charge is 2.35. The molecule has 7 heteroatoms. The van der Waals surface area contributed by atoms with E-state index in [4.69, 9.17) is 4.74 Å². The van der Waals surface area contributed by atoms with E-state index in [0.717, 1.165) is 42.2 Å². The van der Waals surface area contributed by atoms with E-state index in [2.05, 4.69) is 44.8 Å². The topological polar surface area (TPSA) is 70.9 Å². The normalized spacial score (nSPS) is 25.8. The number of hydrogen-bond donors (Lipinski definition) is 2. The summed E-state index contributed by atoms with van der Waals surface area (Å²) in [4.78, 5) is 14.0. The van der Waals surface area contributed by atoms with Crippen molar-refractivity contribution in [2.45, 2.75) is 25.4 Å². The number of nitrogens with zero attached hydrogens (tertiary/aromatic N) is 3. The first-order valence-electron chi connectivity index (χ1n) is 8.36. The Labute approximate surface area is 139 Å². The number of benzene rings is 1.